The van der Waals surface area contributed by atoms with Crippen LogP contribution in [0.2, 0.25) is 0 Å². The van der Waals surface area contributed by atoms with Crippen molar-refractivity contribution in [3.8, 4) is 0 Å². The van der Waals surface area contributed by atoms with Crippen molar-refractivity contribution in [1.82, 2.24) is 0 Å². The van der Waals surface area contributed by atoms with E-state index in [9.17, 15) is 0 Å². The molecule has 0 aromatic rings. The van der Waals surface area contributed by atoms with Crippen LogP contribution in [0.4, 0.5) is 0 Å². The third-order valence-corrected chi connectivity index (χ3v) is 4.60. The Morgan fingerprint density at radius 3 is 1.62 bits per heavy atom. The van der Waals surface area contributed by atoms with Gasteiger partial charge in [-0.3, -0.25) is 0 Å². The van der Waals surface area contributed by atoms with Gasteiger partial charge in [0.15, 0.2) is 0 Å². The minimum absolute atomic E-state index is 0. The Hall–Kier alpha value is 0.690. The molecule has 0 spiro atoms. The summed E-state index contributed by atoms with van der Waals surface area (Å²) in [6.45, 7) is 0.969. The highest BCUT2D eigenvalue weighted by atomic mass is 127. The Labute approximate surface area is 97.9 Å². The van der Waals surface area contributed by atoms with Crippen LogP contribution in [-0.2, 0) is 0 Å². The first-order valence-corrected chi connectivity index (χ1v) is 5.50. The molecule has 76 valence electrons. The fraction of sp³-hybridized carbons (Fsp3) is 1.00. The molecule has 4 aliphatic carbocycles. The van der Waals surface area contributed by atoms with E-state index in [-0.39, 0.29) is 24.0 Å². The van der Waals surface area contributed by atoms with Crippen molar-refractivity contribution in [3.63, 3.8) is 0 Å². The van der Waals surface area contributed by atoms with Crippen LogP contribution < -0.4 is 5.73 Å². The van der Waals surface area contributed by atoms with Crippen LogP contribution in [0, 0.1) is 23.2 Å². The lowest BCUT2D eigenvalue weighted by Crippen LogP contribution is -2.49. The maximum atomic E-state index is 5.93. The molecule has 4 bridgehead atoms. The molecule has 0 aromatic carbocycles. The Morgan fingerprint density at radius 1 is 0.923 bits per heavy atom. The minimum Gasteiger partial charge on any atom is -0.330 e. The van der Waals surface area contributed by atoms with Gasteiger partial charge in [0, 0.05) is 0 Å². The molecule has 0 heterocycles. The summed E-state index contributed by atoms with van der Waals surface area (Å²) in [6.07, 6.45) is 9.03. The van der Waals surface area contributed by atoms with Crippen LogP contribution in [0.25, 0.3) is 0 Å². The lowest BCUT2D eigenvalue weighted by atomic mass is 9.50. The SMILES string of the molecule is I.NCC12CC3CC(CC(C3)C1)C2. The highest BCUT2D eigenvalue weighted by Crippen LogP contribution is 2.59. The summed E-state index contributed by atoms with van der Waals surface area (Å²) in [5.74, 6) is 3.21. The van der Waals surface area contributed by atoms with E-state index in [0.29, 0.717) is 5.41 Å². The fourth-order valence-corrected chi connectivity index (χ4v) is 4.54. The number of halogens is 1. The van der Waals surface area contributed by atoms with E-state index in [2.05, 4.69) is 0 Å². The summed E-state index contributed by atoms with van der Waals surface area (Å²) >= 11 is 0. The van der Waals surface area contributed by atoms with Crippen molar-refractivity contribution in [2.75, 3.05) is 6.54 Å². The van der Waals surface area contributed by atoms with Gasteiger partial charge in [-0.1, -0.05) is 0 Å². The second-order valence-electron chi connectivity index (χ2n) is 5.62. The van der Waals surface area contributed by atoms with Crippen LogP contribution in [0.5, 0.6) is 0 Å². The van der Waals surface area contributed by atoms with Crippen molar-refractivity contribution in [1.29, 1.82) is 0 Å². The quantitative estimate of drug-likeness (QED) is 0.739. The maximum absolute atomic E-state index is 5.93. The van der Waals surface area contributed by atoms with E-state index >= 15 is 0 Å². The van der Waals surface area contributed by atoms with E-state index in [1.165, 1.54) is 38.5 Å². The van der Waals surface area contributed by atoms with Crippen LogP contribution in [0.3, 0.4) is 0 Å². The summed E-state index contributed by atoms with van der Waals surface area (Å²) in [5, 5.41) is 0. The van der Waals surface area contributed by atoms with E-state index in [1.807, 2.05) is 0 Å². The first-order chi connectivity index (χ1) is 5.80. The maximum Gasteiger partial charge on any atom is -0.00202 e. The molecule has 1 nitrogen and oxygen atoms in total. The lowest BCUT2D eigenvalue weighted by Gasteiger charge is -2.56. The second-order valence-corrected chi connectivity index (χ2v) is 5.62. The van der Waals surface area contributed by atoms with Crippen LogP contribution in [0.15, 0.2) is 0 Å². The van der Waals surface area contributed by atoms with Crippen molar-refractivity contribution >= 4 is 24.0 Å². The molecule has 0 unspecified atom stereocenters. The smallest absolute Gasteiger partial charge is 0.00202 e. The van der Waals surface area contributed by atoms with Crippen LogP contribution in [-0.4, -0.2) is 6.54 Å². The normalized spacial score (nSPS) is 51.9. The zero-order chi connectivity index (χ0) is 8.18. The predicted molar refractivity (Wildman–Crippen MR) is 65.1 cm³/mol. The Bertz CT molecular complexity index is 167. The molecule has 0 aliphatic heterocycles. The number of hydrogen-bond donors (Lipinski definition) is 1. The van der Waals surface area contributed by atoms with E-state index < -0.39 is 0 Å². The molecule has 4 rings (SSSR count). The average Bonchev–Trinajstić information content (AvgIpc) is 2.02. The van der Waals surface area contributed by atoms with E-state index in [1.54, 1.807) is 0 Å². The van der Waals surface area contributed by atoms with Gasteiger partial charge in [0.25, 0.3) is 0 Å². The molecule has 2 heteroatoms. The highest BCUT2D eigenvalue weighted by Gasteiger charge is 2.49. The van der Waals surface area contributed by atoms with Crippen molar-refractivity contribution in [2.45, 2.75) is 38.5 Å². The lowest BCUT2D eigenvalue weighted by molar-refractivity contribution is -0.0468. The third-order valence-electron chi connectivity index (χ3n) is 4.60. The molecule has 0 saturated heterocycles. The van der Waals surface area contributed by atoms with Gasteiger partial charge < -0.3 is 5.73 Å². The Kier molecular flexibility index (Phi) is 2.65. The van der Waals surface area contributed by atoms with Gasteiger partial charge in [-0.2, -0.15) is 0 Å². The molecule has 0 amide bonds. The first-order valence-electron chi connectivity index (χ1n) is 5.50. The summed E-state index contributed by atoms with van der Waals surface area (Å²) in [6, 6.07) is 0. The monoisotopic (exact) mass is 293 g/mol. The molecule has 13 heavy (non-hydrogen) atoms. The standard InChI is InChI=1S/C11H19N.HI/c12-7-11-4-8-1-9(5-11)3-10(2-8)6-11;/h8-10H,1-7,12H2;1H. The molecule has 0 radical (unpaired) electrons. The van der Waals surface area contributed by atoms with Gasteiger partial charge in [-0.05, 0) is 68.2 Å². The number of rotatable bonds is 1. The predicted octanol–water partition coefficient (Wildman–Crippen LogP) is 2.78. The van der Waals surface area contributed by atoms with E-state index in [0.717, 1.165) is 24.3 Å². The molecule has 4 saturated carbocycles. The van der Waals surface area contributed by atoms with E-state index in [4.69, 9.17) is 5.73 Å². The molecular formula is C11H20IN. The summed E-state index contributed by atoms with van der Waals surface area (Å²) in [4.78, 5) is 0. The van der Waals surface area contributed by atoms with Crippen molar-refractivity contribution < 1.29 is 0 Å². The topological polar surface area (TPSA) is 26.0 Å². The summed E-state index contributed by atoms with van der Waals surface area (Å²) in [5.41, 5.74) is 6.55. The van der Waals surface area contributed by atoms with Crippen molar-refractivity contribution in [2.24, 2.45) is 28.9 Å². The molecule has 0 atom stereocenters. The largest absolute Gasteiger partial charge is 0.330 e. The zero-order valence-electron chi connectivity index (χ0n) is 8.17. The molecule has 4 fully saturated rings. The van der Waals surface area contributed by atoms with Gasteiger partial charge in [0.1, 0.15) is 0 Å². The van der Waals surface area contributed by atoms with Gasteiger partial charge in [-0.25, -0.2) is 0 Å². The minimum atomic E-state index is 0. The van der Waals surface area contributed by atoms with Gasteiger partial charge in [0.2, 0.25) is 0 Å². The highest BCUT2D eigenvalue weighted by molar-refractivity contribution is 14.0. The number of hydrogen-bond acceptors (Lipinski definition) is 1. The van der Waals surface area contributed by atoms with Gasteiger partial charge in [-0.15, -0.1) is 24.0 Å². The molecule has 4 aliphatic rings. The van der Waals surface area contributed by atoms with Gasteiger partial charge >= 0.3 is 0 Å². The van der Waals surface area contributed by atoms with Crippen LogP contribution >= 0.6 is 24.0 Å². The molecule has 0 aromatic heterocycles. The molecular weight excluding hydrogens is 273 g/mol. The second kappa shape index (κ2) is 3.37. The fourth-order valence-electron chi connectivity index (χ4n) is 4.54. The average molecular weight is 293 g/mol. The summed E-state index contributed by atoms with van der Waals surface area (Å²) in [7, 11) is 0. The van der Waals surface area contributed by atoms with Crippen LogP contribution in [0.1, 0.15) is 38.5 Å². The summed E-state index contributed by atoms with van der Waals surface area (Å²) < 4.78 is 0. The number of nitrogens with two attached hydrogens (primary N) is 1. The van der Waals surface area contributed by atoms with Gasteiger partial charge in [0.05, 0.1) is 0 Å². The Morgan fingerprint density at radius 2 is 1.31 bits per heavy atom. The first kappa shape index (κ1) is 10.2. The third kappa shape index (κ3) is 1.54. The zero-order valence-corrected chi connectivity index (χ0v) is 10.5. The molecule has 2 N–H and O–H groups in total. The Balaban J connectivity index is 0.000000653. The van der Waals surface area contributed by atoms with Crippen molar-refractivity contribution in [3.05, 3.63) is 0 Å².